The fourth-order valence-electron chi connectivity index (χ4n) is 2.61. The average Bonchev–Trinajstić information content (AvgIpc) is 2.70. The first-order valence-corrected chi connectivity index (χ1v) is 8.45. The molecule has 1 N–H and O–H groups in total. The molecule has 5 nitrogen and oxygen atoms in total. The highest BCUT2D eigenvalue weighted by Gasteiger charge is 2.11. The van der Waals surface area contributed by atoms with E-state index in [4.69, 9.17) is 14.2 Å². The minimum atomic E-state index is -0.169. The highest BCUT2D eigenvalue weighted by molar-refractivity contribution is 5.92. The van der Waals surface area contributed by atoms with Crippen LogP contribution in [-0.4, -0.2) is 27.2 Å². The number of amides is 1. The van der Waals surface area contributed by atoms with Crippen molar-refractivity contribution in [2.45, 2.75) is 19.4 Å². The number of methoxy groups -OCH3 is 3. The number of ether oxygens (including phenoxy) is 3. The molecular formula is C21H25NO4. The van der Waals surface area contributed by atoms with E-state index in [2.05, 4.69) is 5.32 Å². The van der Waals surface area contributed by atoms with E-state index in [0.717, 1.165) is 23.3 Å². The minimum absolute atomic E-state index is 0.0646. The summed E-state index contributed by atoms with van der Waals surface area (Å²) in [5.41, 5.74) is 1.81. The molecule has 0 radical (unpaired) electrons. The van der Waals surface area contributed by atoms with Gasteiger partial charge in [-0.25, -0.2) is 0 Å². The second-order valence-electron chi connectivity index (χ2n) is 5.68. The van der Waals surface area contributed by atoms with Gasteiger partial charge in [0.15, 0.2) is 0 Å². The van der Waals surface area contributed by atoms with Crippen LogP contribution in [0.3, 0.4) is 0 Å². The molecule has 138 valence electrons. The maximum absolute atomic E-state index is 12.3. The van der Waals surface area contributed by atoms with Gasteiger partial charge in [0.2, 0.25) is 5.91 Å². The number of nitrogens with one attached hydrogen (secondary N) is 1. The number of rotatable bonds is 8. The average molecular weight is 355 g/mol. The zero-order valence-electron chi connectivity index (χ0n) is 15.6. The standard InChI is InChI=1S/C21H25NO4/c1-5-19(15-6-9-17(24-2)10-7-15)22-21(23)13-8-16-14-18(25-3)11-12-20(16)26-4/h6-14,19H,5H2,1-4H3,(H,22,23)/b13-8+/t19-/m0/s1. The Labute approximate surface area is 154 Å². The van der Waals surface area contributed by atoms with Gasteiger partial charge in [-0.3, -0.25) is 4.79 Å². The van der Waals surface area contributed by atoms with Crippen LogP contribution in [0.2, 0.25) is 0 Å². The number of benzene rings is 2. The molecule has 0 spiro atoms. The molecule has 0 aliphatic rings. The van der Waals surface area contributed by atoms with Crippen molar-refractivity contribution < 1.29 is 19.0 Å². The van der Waals surface area contributed by atoms with Crippen LogP contribution in [0.1, 0.15) is 30.5 Å². The smallest absolute Gasteiger partial charge is 0.244 e. The monoisotopic (exact) mass is 355 g/mol. The van der Waals surface area contributed by atoms with E-state index in [1.165, 1.54) is 6.08 Å². The molecule has 1 amide bonds. The Hall–Kier alpha value is -2.95. The van der Waals surface area contributed by atoms with Gasteiger partial charge in [0.05, 0.1) is 27.4 Å². The first-order chi connectivity index (χ1) is 12.6. The van der Waals surface area contributed by atoms with Crippen molar-refractivity contribution in [3.63, 3.8) is 0 Å². The van der Waals surface area contributed by atoms with Crippen LogP contribution in [0.4, 0.5) is 0 Å². The second kappa shape index (κ2) is 9.51. The normalized spacial score (nSPS) is 11.8. The van der Waals surface area contributed by atoms with Gasteiger partial charge in [-0.05, 0) is 48.4 Å². The van der Waals surface area contributed by atoms with Crippen LogP contribution in [-0.2, 0) is 4.79 Å². The third-order valence-electron chi connectivity index (χ3n) is 4.09. The van der Waals surface area contributed by atoms with Crippen LogP contribution in [0.15, 0.2) is 48.5 Å². The Kier molecular flexibility index (Phi) is 7.09. The lowest BCUT2D eigenvalue weighted by atomic mass is 10.0. The summed E-state index contributed by atoms with van der Waals surface area (Å²) in [4.78, 5) is 12.3. The minimum Gasteiger partial charge on any atom is -0.497 e. The topological polar surface area (TPSA) is 56.8 Å². The van der Waals surface area contributed by atoms with Crippen molar-refractivity contribution in [2.75, 3.05) is 21.3 Å². The van der Waals surface area contributed by atoms with Crippen LogP contribution in [0.25, 0.3) is 6.08 Å². The van der Waals surface area contributed by atoms with Gasteiger partial charge < -0.3 is 19.5 Å². The highest BCUT2D eigenvalue weighted by atomic mass is 16.5. The zero-order valence-corrected chi connectivity index (χ0v) is 15.6. The summed E-state index contributed by atoms with van der Waals surface area (Å²) in [6.07, 6.45) is 4.01. The summed E-state index contributed by atoms with van der Waals surface area (Å²) in [7, 11) is 4.82. The molecule has 0 aliphatic heterocycles. The van der Waals surface area contributed by atoms with Crippen molar-refractivity contribution in [3.8, 4) is 17.2 Å². The molecule has 0 saturated heterocycles. The van der Waals surface area contributed by atoms with E-state index in [1.54, 1.807) is 27.4 Å². The third-order valence-corrected chi connectivity index (χ3v) is 4.09. The van der Waals surface area contributed by atoms with Gasteiger partial charge in [-0.2, -0.15) is 0 Å². The van der Waals surface area contributed by atoms with Gasteiger partial charge in [0, 0.05) is 11.6 Å². The number of carbonyl (C=O) groups is 1. The summed E-state index contributed by atoms with van der Waals surface area (Å²) >= 11 is 0. The SMILES string of the molecule is CC[C@H](NC(=O)/C=C/c1cc(OC)ccc1OC)c1ccc(OC)cc1. The Morgan fingerprint density at radius 2 is 1.65 bits per heavy atom. The molecule has 2 rings (SSSR count). The zero-order chi connectivity index (χ0) is 18.9. The van der Waals surface area contributed by atoms with E-state index in [1.807, 2.05) is 49.4 Å². The van der Waals surface area contributed by atoms with Crippen LogP contribution in [0.5, 0.6) is 17.2 Å². The first kappa shape index (κ1) is 19.4. The lowest BCUT2D eigenvalue weighted by Crippen LogP contribution is -2.26. The number of hydrogen-bond acceptors (Lipinski definition) is 4. The first-order valence-electron chi connectivity index (χ1n) is 8.45. The predicted octanol–water partition coefficient (Wildman–Crippen LogP) is 3.99. The fraction of sp³-hybridized carbons (Fsp3) is 0.286. The van der Waals surface area contributed by atoms with Gasteiger partial charge in [-0.1, -0.05) is 19.1 Å². The van der Waals surface area contributed by atoms with Gasteiger partial charge in [0.1, 0.15) is 17.2 Å². The molecule has 2 aromatic carbocycles. The van der Waals surface area contributed by atoms with Crippen molar-refractivity contribution in [1.29, 1.82) is 0 Å². The summed E-state index contributed by atoms with van der Waals surface area (Å²) in [5.74, 6) is 2.00. The van der Waals surface area contributed by atoms with Crippen molar-refractivity contribution in [3.05, 3.63) is 59.7 Å². The third kappa shape index (κ3) is 5.02. The second-order valence-corrected chi connectivity index (χ2v) is 5.68. The summed E-state index contributed by atoms with van der Waals surface area (Å²) in [6, 6.07) is 13.1. The highest BCUT2D eigenvalue weighted by Crippen LogP contribution is 2.25. The van der Waals surface area contributed by atoms with Gasteiger partial charge in [-0.15, -0.1) is 0 Å². The van der Waals surface area contributed by atoms with Crippen molar-refractivity contribution in [2.24, 2.45) is 0 Å². The fourth-order valence-corrected chi connectivity index (χ4v) is 2.61. The molecule has 0 saturated carbocycles. The van der Waals surface area contributed by atoms with Crippen LogP contribution in [0, 0.1) is 0 Å². The van der Waals surface area contributed by atoms with E-state index < -0.39 is 0 Å². The van der Waals surface area contributed by atoms with E-state index >= 15 is 0 Å². The summed E-state index contributed by atoms with van der Waals surface area (Å²) in [5, 5.41) is 3.02. The van der Waals surface area contributed by atoms with E-state index in [-0.39, 0.29) is 11.9 Å². The molecule has 26 heavy (non-hydrogen) atoms. The van der Waals surface area contributed by atoms with Gasteiger partial charge in [0.25, 0.3) is 0 Å². The Bertz CT molecular complexity index is 753. The molecule has 0 aromatic heterocycles. The van der Waals surface area contributed by atoms with Crippen LogP contribution >= 0.6 is 0 Å². The van der Waals surface area contributed by atoms with E-state index in [9.17, 15) is 4.79 Å². The molecule has 1 atom stereocenters. The molecule has 2 aromatic rings. The molecular weight excluding hydrogens is 330 g/mol. The van der Waals surface area contributed by atoms with Gasteiger partial charge >= 0.3 is 0 Å². The Morgan fingerprint density at radius 3 is 2.23 bits per heavy atom. The molecule has 5 heteroatoms. The lowest BCUT2D eigenvalue weighted by molar-refractivity contribution is -0.117. The number of hydrogen-bond donors (Lipinski definition) is 1. The Balaban J connectivity index is 2.09. The van der Waals surface area contributed by atoms with Crippen molar-refractivity contribution >= 4 is 12.0 Å². The maximum Gasteiger partial charge on any atom is 0.244 e. The quantitative estimate of drug-likeness (QED) is 0.728. The largest absolute Gasteiger partial charge is 0.497 e. The Morgan fingerprint density at radius 1 is 1.00 bits per heavy atom. The summed E-state index contributed by atoms with van der Waals surface area (Å²) < 4.78 is 15.7. The van der Waals surface area contributed by atoms with Crippen LogP contribution < -0.4 is 19.5 Å². The summed E-state index contributed by atoms with van der Waals surface area (Å²) in [6.45, 7) is 2.03. The van der Waals surface area contributed by atoms with E-state index in [0.29, 0.717) is 11.5 Å². The lowest BCUT2D eigenvalue weighted by Gasteiger charge is -2.16. The molecule has 0 unspecified atom stereocenters. The maximum atomic E-state index is 12.3. The molecule has 0 aliphatic carbocycles. The predicted molar refractivity (Wildman–Crippen MR) is 103 cm³/mol. The molecule has 0 heterocycles. The van der Waals surface area contributed by atoms with Crippen molar-refractivity contribution in [1.82, 2.24) is 5.32 Å². The molecule has 0 bridgehead atoms. The number of carbonyl (C=O) groups excluding carboxylic acids is 1. The molecule has 0 fully saturated rings.